The second-order valence-corrected chi connectivity index (χ2v) is 24.5. The maximum absolute atomic E-state index is 6.85. The molecule has 0 spiro atoms. The maximum atomic E-state index is 6.85. The van der Waals surface area contributed by atoms with Gasteiger partial charge in [0.05, 0.1) is 0 Å². The van der Waals surface area contributed by atoms with Gasteiger partial charge in [-0.2, -0.15) is 0 Å². The van der Waals surface area contributed by atoms with E-state index in [-0.39, 0.29) is 41.1 Å². The average Bonchev–Trinajstić information content (AvgIpc) is 3.61. The number of rotatable bonds is 7. The van der Waals surface area contributed by atoms with Crippen LogP contribution in [0.25, 0.3) is 11.1 Å². The topological polar surface area (TPSA) is 0 Å². The summed E-state index contributed by atoms with van der Waals surface area (Å²) in [6.07, 6.45) is 8.90. The molecule has 0 N–H and O–H groups in total. The van der Waals surface area contributed by atoms with E-state index in [1.807, 2.05) is 12.1 Å². The Morgan fingerprint density at radius 2 is 1.12 bits per heavy atom. The third-order valence-corrected chi connectivity index (χ3v) is 19.6. The van der Waals surface area contributed by atoms with Crippen LogP contribution in [-0.4, -0.2) is 3.21 Å². The van der Waals surface area contributed by atoms with E-state index in [1.165, 1.54) is 72.5 Å². The van der Waals surface area contributed by atoms with Gasteiger partial charge in [0.25, 0.3) is 0 Å². The predicted molar refractivity (Wildman–Crippen MR) is 216 cm³/mol. The zero-order chi connectivity index (χ0) is 36.2. The van der Waals surface area contributed by atoms with Crippen LogP contribution in [0.4, 0.5) is 0 Å². The number of hydrogen-bond donors (Lipinski definition) is 0. The zero-order valence-electron chi connectivity index (χ0n) is 32.5. The van der Waals surface area contributed by atoms with E-state index in [0.717, 1.165) is 10.0 Å². The molecule has 4 aromatic carbocycles. The Labute approximate surface area is 344 Å². The molecule has 0 nitrogen and oxygen atoms in total. The molecule has 0 saturated carbocycles. The zero-order valence-corrected chi connectivity index (χ0v) is 38.0. The van der Waals surface area contributed by atoms with Crippen LogP contribution < -0.4 is 24.8 Å². The molecule has 0 amide bonds. The normalized spacial score (nSPS) is 15.4. The van der Waals surface area contributed by atoms with Crippen molar-refractivity contribution in [2.45, 2.75) is 103 Å². The summed E-state index contributed by atoms with van der Waals surface area (Å²) in [6.45, 7) is 23.4. The molecule has 0 bridgehead atoms. The molecule has 52 heavy (non-hydrogen) atoms. The van der Waals surface area contributed by atoms with E-state index in [0.29, 0.717) is 9.54 Å². The molecule has 5 heteroatoms. The van der Waals surface area contributed by atoms with Crippen molar-refractivity contribution >= 4 is 26.4 Å². The summed E-state index contributed by atoms with van der Waals surface area (Å²) in [5, 5.41) is 1.55. The fourth-order valence-electron chi connectivity index (χ4n) is 7.75. The van der Waals surface area contributed by atoms with Crippen LogP contribution in [0.5, 0.6) is 0 Å². The van der Waals surface area contributed by atoms with Gasteiger partial charge >= 0.3 is 322 Å². The van der Waals surface area contributed by atoms with Gasteiger partial charge in [-0.25, -0.2) is 0 Å². The van der Waals surface area contributed by atoms with Crippen molar-refractivity contribution in [2.24, 2.45) is 11.3 Å². The van der Waals surface area contributed by atoms with E-state index >= 15 is 0 Å². The molecular weight excluding hydrogens is 798 g/mol. The van der Waals surface area contributed by atoms with Crippen LogP contribution in [0.2, 0.25) is 10.0 Å². The Balaban J connectivity index is 0.00000302. The van der Waals surface area contributed by atoms with Crippen molar-refractivity contribution in [1.82, 2.24) is 0 Å². The molecule has 274 valence electrons. The largest absolute Gasteiger partial charge is 1.00 e. The molecule has 0 radical (unpaired) electrons. The number of unbranched alkanes of at least 4 members (excludes halogenated alkanes) is 1. The molecule has 6 rings (SSSR count). The van der Waals surface area contributed by atoms with Crippen LogP contribution in [0, 0.1) is 11.3 Å². The van der Waals surface area contributed by atoms with Gasteiger partial charge in [0, 0.05) is 0 Å². The van der Waals surface area contributed by atoms with Crippen molar-refractivity contribution in [3.63, 3.8) is 0 Å². The SMILES string of the molecule is CCCCC1C=C(C(C)(C)C)C=[C]1[Zr+2](=[C](c1cccc(Cl)c1)c1cccc(Cl)c1)[CH]1c2ccc(C(C)(C)C)cc2-c2cc(C(C)(C)C)ccc21.[Cl-].[Cl-]. The molecule has 2 aliphatic carbocycles. The molecule has 0 aliphatic heterocycles. The molecule has 0 fully saturated rings. The van der Waals surface area contributed by atoms with Gasteiger partial charge in [0.15, 0.2) is 0 Å². The van der Waals surface area contributed by atoms with Crippen molar-refractivity contribution in [2.75, 3.05) is 0 Å². The number of allylic oxidation sites excluding steroid dienone is 4. The van der Waals surface area contributed by atoms with Crippen molar-refractivity contribution in [3.05, 3.63) is 149 Å². The standard InChI is InChI=1S/C21H25.C13H8Cl2.C13H21.2ClH.Zr/c1-20(2,3)16-9-7-14-11-15-8-10-17(21(4,5)6)13-19(15)18(14)12-16;14-12-5-1-3-10(8-12)7-11-4-2-6-13(15)9-11;1-5-6-7-11-8-9-12(10-11)13(2,3)4;;;/h7-13H,1-6H3;1-6,8-9H;9-11H,5-7H2,1-4H3;2*1H;/q;;;;;+2/p-2. The summed E-state index contributed by atoms with van der Waals surface area (Å²) in [7, 11) is 0. The summed E-state index contributed by atoms with van der Waals surface area (Å²) in [5.74, 6) is 0.433. The molecule has 0 heterocycles. The minimum Gasteiger partial charge on any atom is -1.00 e. The number of hydrogen-bond acceptors (Lipinski definition) is 0. The third-order valence-electron chi connectivity index (χ3n) is 10.7. The maximum Gasteiger partial charge on any atom is -1.00 e. The first-order chi connectivity index (χ1) is 23.5. The van der Waals surface area contributed by atoms with Crippen molar-refractivity contribution < 1.29 is 46.1 Å². The summed E-state index contributed by atoms with van der Waals surface area (Å²) in [4.78, 5) is 0. The predicted octanol–water partition coefficient (Wildman–Crippen LogP) is 8.23. The van der Waals surface area contributed by atoms with Crippen LogP contribution in [-0.2, 0) is 32.1 Å². The van der Waals surface area contributed by atoms with Gasteiger partial charge in [-0.15, -0.1) is 0 Å². The first kappa shape index (κ1) is 43.0. The van der Waals surface area contributed by atoms with Gasteiger partial charge in [-0.3, -0.25) is 0 Å². The molecule has 0 saturated heterocycles. The Morgan fingerprint density at radius 3 is 1.52 bits per heavy atom. The Kier molecular flexibility index (Phi) is 13.7. The van der Waals surface area contributed by atoms with Gasteiger partial charge < -0.3 is 24.8 Å². The first-order valence-electron chi connectivity index (χ1n) is 18.5. The summed E-state index contributed by atoms with van der Waals surface area (Å²) >= 11 is 10.7. The minimum absolute atomic E-state index is 0. The smallest absolute Gasteiger partial charge is 1.00 e. The van der Waals surface area contributed by atoms with Gasteiger partial charge in [-0.1, -0.05) is 0 Å². The van der Waals surface area contributed by atoms with E-state index in [2.05, 4.69) is 154 Å². The molecular formula is C47H54Cl4Zr. The minimum atomic E-state index is -3.05. The third kappa shape index (κ3) is 8.87. The van der Waals surface area contributed by atoms with Crippen molar-refractivity contribution in [1.29, 1.82) is 0 Å². The van der Waals surface area contributed by atoms with Gasteiger partial charge in [-0.05, 0) is 0 Å². The Morgan fingerprint density at radius 1 is 0.635 bits per heavy atom. The second kappa shape index (κ2) is 16.6. The van der Waals surface area contributed by atoms with Crippen molar-refractivity contribution in [3.8, 4) is 11.1 Å². The van der Waals surface area contributed by atoms with Crippen LogP contribution in [0.15, 0.2) is 106 Å². The molecule has 4 aromatic rings. The van der Waals surface area contributed by atoms with E-state index in [1.54, 1.807) is 3.28 Å². The quantitative estimate of drug-likeness (QED) is 0.176. The van der Waals surface area contributed by atoms with Crippen LogP contribution in [0.1, 0.15) is 126 Å². The molecule has 1 atom stereocenters. The van der Waals surface area contributed by atoms with Gasteiger partial charge in [0.1, 0.15) is 0 Å². The fourth-order valence-corrected chi connectivity index (χ4v) is 17.7. The fraction of sp³-hybridized carbons (Fsp3) is 0.383. The number of halogens is 4. The van der Waals surface area contributed by atoms with E-state index in [4.69, 9.17) is 23.2 Å². The van der Waals surface area contributed by atoms with Crippen LogP contribution in [0.3, 0.4) is 0 Å². The number of fused-ring (bicyclic) bond motifs is 3. The molecule has 2 aliphatic rings. The summed E-state index contributed by atoms with van der Waals surface area (Å²) in [5.41, 5.74) is 12.7. The van der Waals surface area contributed by atoms with Crippen LogP contribution >= 0.6 is 23.2 Å². The molecule has 1 unspecified atom stereocenters. The summed E-state index contributed by atoms with van der Waals surface area (Å²) in [6, 6.07) is 32.1. The monoisotopic (exact) mass is 848 g/mol. The molecule has 0 aromatic heterocycles. The summed E-state index contributed by atoms with van der Waals surface area (Å²) < 4.78 is 3.49. The number of benzene rings is 4. The second-order valence-electron chi connectivity index (χ2n) is 17.6. The Bertz CT molecular complexity index is 1920. The Hall–Kier alpha value is -1.73. The average molecular weight is 852 g/mol. The first-order valence-corrected chi connectivity index (χ1v) is 23.1. The van der Waals surface area contributed by atoms with Gasteiger partial charge in [0.2, 0.25) is 0 Å². The van der Waals surface area contributed by atoms with E-state index in [9.17, 15) is 0 Å². The van der Waals surface area contributed by atoms with E-state index < -0.39 is 21.3 Å².